The molecule has 0 atom stereocenters. The summed E-state index contributed by atoms with van der Waals surface area (Å²) in [5.41, 5.74) is 0.110. The first kappa shape index (κ1) is 13.5. The smallest absolute Gasteiger partial charge is 0.296 e. The van der Waals surface area contributed by atoms with E-state index in [-0.39, 0.29) is 23.5 Å². The van der Waals surface area contributed by atoms with E-state index in [1.807, 2.05) is 0 Å². The molecular weight excluding hydrogens is 262 g/mol. The number of aromatic nitrogens is 1. The first-order valence-electron chi connectivity index (χ1n) is 5.73. The van der Waals surface area contributed by atoms with Crippen LogP contribution < -0.4 is 5.32 Å². The maximum atomic E-state index is 11.8. The number of nitrogens with zero attached hydrogens (tertiary/aromatic N) is 2. The highest BCUT2D eigenvalue weighted by Gasteiger charge is 2.19. The molecule has 0 aliphatic heterocycles. The largest absolute Gasteiger partial charge is 0.505 e. The van der Waals surface area contributed by atoms with Gasteiger partial charge < -0.3 is 10.4 Å². The summed E-state index contributed by atoms with van der Waals surface area (Å²) in [7, 11) is 0. The zero-order chi connectivity index (χ0) is 14.5. The SMILES string of the molecule is O=C(Cc1cccnc1)Nc1c(O)cccc1[N+](=O)[O-]. The summed E-state index contributed by atoms with van der Waals surface area (Å²) >= 11 is 0. The summed E-state index contributed by atoms with van der Waals surface area (Å²) in [5, 5.41) is 22.8. The Morgan fingerprint density at radius 3 is 2.80 bits per heavy atom. The molecule has 7 heteroatoms. The average Bonchev–Trinajstić information content (AvgIpc) is 2.42. The number of amides is 1. The molecule has 2 N–H and O–H groups in total. The van der Waals surface area contributed by atoms with Crippen LogP contribution in [0.3, 0.4) is 0 Å². The van der Waals surface area contributed by atoms with Crippen molar-refractivity contribution in [2.75, 3.05) is 5.32 Å². The Bertz CT molecular complexity index is 643. The minimum Gasteiger partial charge on any atom is -0.505 e. The maximum absolute atomic E-state index is 11.8. The van der Waals surface area contributed by atoms with E-state index in [4.69, 9.17) is 0 Å². The molecule has 2 rings (SSSR count). The van der Waals surface area contributed by atoms with Gasteiger partial charge >= 0.3 is 0 Å². The lowest BCUT2D eigenvalue weighted by Gasteiger charge is -2.07. The lowest BCUT2D eigenvalue weighted by Crippen LogP contribution is -2.15. The quantitative estimate of drug-likeness (QED) is 0.502. The predicted octanol–water partition coefficient (Wildman–Crippen LogP) is 1.88. The van der Waals surface area contributed by atoms with E-state index in [2.05, 4.69) is 10.3 Å². The molecule has 0 aliphatic rings. The second kappa shape index (κ2) is 5.79. The van der Waals surface area contributed by atoms with Crippen molar-refractivity contribution in [1.82, 2.24) is 4.98 Å². The standard InChI is InChI=1S/C13H11N3O4/c17-11-5-1-4-10(16(19)20)13(11)15-12(18)7-9-3-2-6-14-8-9/h1-6,8,17H,7H2,(H,15,18). The topological polar surface area (TPSA) is 105 Å². The van der Waals surface area contributed by atoms with E-state index in [0.717, 1.165) is 0 Å². The Hall–Kier alpha value is -2.96. The number of hydrogen-bond donors (Lipinski definition) is 2. The van der Waals surface area contributed by atoms with Crippen LogP contribution in [0, 0.1) is 10.1 Å². The van der Waals surface area contributed by atoms with Gasteiger partial charge in [-0.2, -0.15) is 0 Å². The van der Waals surface area contributed by atoms with Crippen LogP contribution in [0.2, 0.25) is 0 Å². The van der Waals surface area contributed by atoms with Gasteiger partial charge in [-0.15, -0.1) is 0 Å². The van der Waals surface area contributed by atoms with Gasteiger partial charge in [-0.25, -0.2) is 0 Å². The minimum absolute atomic E-state index is 0.0132. The molecule has 1 amide bonds. The molecule has 20 heavy (non-hydrogen) atoms. The number of hydrogen-bond acceptors (Lipinski definition) is 5. The van der Waals surface area contributed by atoms with Gasteiger partial charge in [0, 0.05) is 18.5 Å². The van der Waals surface area contributed by atoms with Crippen molar-refractivity contribution in [3.8, 4) is 5.75 Å². The van der Waals surface area contributed by atoms with Gasteiger partial charge in [0.15, 0.2) is 5.69 Å². The minimum atomic E-state index is -0.667. The molecule has 0 saturated heterocycles. The molecule has 0 bridgehead atoms. The number of nitrogens with one attached hydrogen (secondary N) is 1. The van der Waals surface area contributed by atoms with Crippen LogP contribution >= 0.6 is 0 Å². The highest BCUT2D eigenvalue weighted by Crippen LogP contribution is 2.33. The van der Waals surface area contributed by atoms with E-state index in [1.54, 1.807) is 18.3 Å². The Labute approximate surface area is 114 Å². The first-order chi connectivity index (χ1) is 9.58. The molecule has 102 valence electrons. The van der Waals surface area contributed by atoms with E-state index in [9.17, 15) is 20.0 Å². The third-order valence-corrected chi connectivity index (χ3v) is 2.57. The first-order valence-corrected chi connectivity index (χ1v) is 5.73. The van der Waals surface area contributed by atoms with Crippen LogP contribution in [0.1, 0.15) is 5.56 Å². The number of pyridine rings is 1. The fourth-order valence-corrected chi connectivity index (χ4v) is 1.68. The van der Waals surface area contributed by atoms with Gasteiger partial charge in [0.1, 0.15) is 5.75 Å². The summed E-state index contributed by atoms with van der Waals surface area (Å²) in [6.07, 6.45) is 3.12. The fourth-order valence-electron chi connectivity index (χ4n) is 1.68. The van der Waals surface area contributed by atoms with E-state index in [0.29, 0.717) is 5.56 Å². The summed E-state index contributed by atoms with van der Waals surface area (Å²) < 4.78 is 0. The second-order valence-electron chi connectivity index (χ2n) is 4.01. The third kappa shape index (κ3) is 3.08. The van der Waals surface area contributed by atoms with Gasteiger partial charge in [0.2, 0.25) is 5.91 Å². The van der Waals surface area contributed by atoms with Crippen molar-refractivity contribution in [2.45, 2.75) is 6.42 Å². The second-order valence-corrected chi connectivity index (χ2v) is 4.01. The molecule has 0 spiro atoms. The van der Waals surface area contributed by atoms with E-state index < -0.39 is 10.8 Å². The number of nitro benzene ring substituents is 1. The van der Waals surface area contributed by atoms with Crippen LogP contribution in [0.15, 0.2) is 42.7 Å². The predicted molar refractivity (Wildman–Crippen MR) is 71.3 cm³/mol. The van der Waals surface area contributed by atoms with Crippen LogP contribution in [-0.2, 0) is 11.2 Å². The number of rotatable bonds is 4. The molecule has 1 aromatic carbocycles. The van der Waals surface area contributed by atoms with Crippen LogP contribution in [-0.4, -0.2) is 20.9 Å². The Balaban J connectivity index is 2.18. The molecule has 0 saturated carbocycles. The number of para-hydroxylation sites is 1. The van der Waals surface area contributed by atoms with Crippen molar-refractivity contribution in [3.05, 3.63) is 58.4 Å². The van der Waals surface area contributed by atoms with E-state index in [1.165, 1.54) is 24.4 Å². The van der Waals surface area contributed by atoms with Crippen molar-refractivity contribution in [3.63, 3.8) is 0 Å². The van der Waals surface area contributed by atoms with Gasteiger partial charge in [-0.3, -0.25) is 19.9 Å². The number of carbonyl (C=O) groups is 1. The van der Waals surface area contributed by atoms with Gasteiger partial charge in [-0.05, 0) is 17.7 Å². The Morgan fingerprint density at radius 1 is 1.35 bits per heavy atom. The normalized spacial score (nSPS) is 10.0. The molecule has 0 radical (unpaired) electrons. The summed E-state index contributed by atoms with van der Waals surface area (Å²) in [6, 6.07) is 7.22. The number of phenolic OH excluding ortho intramolecular Hbond substituents is 1. The number of anilines is 1. The fraction of sp³-hybridized carbons (Fsp3) is 0.0769. The van der Waals surface area contributed by atoms with Crippen molar-refractivity contribution >= 4 is 17.3 Å². The molecule has 0 unspecified atom stereocenters. The zero-order valence-electron chi connectivity index (χ0n) is 10.3. The average molecular weight is 273 g/mol. The number of nitro groups is 1. The number of aromatic hydroxyl groups is 1. The van der Waals surface area contributed by atoms with Crippen molar-refractivity contribution < 1.29 is 14.8 Å². The number of benzene rings is 1. The molecule has 1 heterocycles. The lowest BCUT2D eigenvalue weighted by molar-refractivity contribution is -0.384. The van der Waals surface area contributed by atoms with Crippen LogP contribution in [0.25, 0.3) is 0 Å². The van der Waals surface area contributed by atoms with Crippen molar-refractivity contribution in [1.29, 1.82) is 0 Å². The molecule has 0 fully saturated rings. The number of carbonyl (C=O) groups excluding carboxylic acids is 1. The van der Waals surface area contributed by atoms with Gasteiger partial charge in [0.25, 0.3) is 5.69 Å². The molecule has 1 aromatic heterocycles. The van der Waals surface area contributed by atoms with E-state index >= 15 is 0 Å². The van der Waals surface area contributed by atoms with Crippen LogP contribution in [0.5, 0.6) is 5.75 Å². The zero-order valence-corrected chi connectivity index (χ0v) is 10.3. The Kier molecular flexibility index (Phi) is 3.90. The molecule has 7 nitrogen and oxygen atoms in total. The summed E-state index contributed by atoms with van der Waals surface area (Å²) in [5.74, 6) is -0.818. The molecular formula is C13H11N3O4. The summed E-state index contributed by atoms with van der Waals surface area (Å²) in [6.45, 7) is 0. The lowest BCUT2D eigenvalue weighted by atomic mass is 10.2. The third-order valence-electron chi connectivity index (χ3n) is 2.57. The monoisotopic (exact) mass is 273 g/mol. The highest BCUT2D eigenvalue weighted by molar-refractivity contribution is 5.96. The van der Waals surface area contributed by atoms with Gasteiger partial charge in [-0.1, -0.05) is 12.1 Å². The van der Waals surface area contributed by atoms with Crippen LogP contribution in [0.4, 0.5) is 11.4 Å². The summed E-state index contributed by atoms with van der Waals surface area (Å²) in [4.78, 5) is 25.9. The molecule has 0 aliphatic carbocycles. The maximum Gasteiger partial charge on any atom is 0.296 e. The van der Waals surface area contributed by atoms with Crippen molar-refractivity contribution in [2.24, 2.45) is 0 Å². The molecule has 2 aromatic rings. The van der Waals surface area contributed by atoms with Gasteiger partial charge in [0.05, 0.1) is 11.3 Å². The Morgan fingerprint density at radius 2 is 2.15 bits per heavy atom. The highest BCUT2D eigenvalue weighted by atomic mass is 16.6. The number of phenols is 1.